The van der Waals surface area contributed by atoms with Crippen LogP contribution in [0, 0.1) is 12.7 Å². The van der Waals surface area contributed by atoms with Gasteiger partial charge in [-0.2, -0.15) is 4.98 Å². The van der Waals surface area contributed by atoms with Crippen LogP contribution in [-0.4, -0.2) is 16.7 Å². The number of hydrogen-bond donors (Lipinski definition) is 1. The van der Waals surface area contributed by atoms with E-state index in [4.69, 9.17) is 4.52 Å². The van der Waals surface area contributed by atoms with Gasteiger partial charge in [0.05, 0.1) is 6.04 Å². The highest BCUT2D eigenvalue weighted by atomic mass is 19.1. The van der Waals surface area contributed by atoms with Gasteiger partial charge in [-0.15, -0.1) is 0 Å². The highest BCUT2D eigenvalue weighted by Crippen LogP contribution is 2.24. The molecule has 0 saturated carbocycles. The first-order valence-corrected chi connectivity index (χ1v) is 7.07. The third-order valence-electron chi connectivity index (χ3n) is 3.60. The van der Waals surface area contributed by atoms with Crippen LogP contribution in [0.1, 0.15) is 43.2 Å². The Bertz CT molecular complexity index is 568. The van der Waals surface area contributed by atoms with Gasteiger partial charge in [-0.3, -0.25) is 0 Å². The van der Waals surface area contributed by atoms with Crippen LogP contribution in [0.25, 0.3) is 11.4 Å². The van der Waals surface area contributed by atoms with Gasteiger partial charge in [0.25, 0.3) is 0 Å². The van der Waals surface area contributed by atoms with Crippen molar-refractivity contribution in [1.29, 1.82) is 0 Å². The molecule has 1 unspecified atom stereocenters. The molecular formula is C15H18FN3O. The molecule has 0 aliphatic carbocycles. The second-order valence-corrected chi connectivity index (χ2v) is 5.33. The zero-order chi connectivity index (χ0) is 13.9. The minimum absolute atomic E-state index is 0.119. The van der Waals surface area contributed by atoms with E-state index in [-0.39, 0.29) is 11.9 Å². The molecule has 1 aliphatic heterocycles. The van der Waals surface area contributed by atoms with Gasteiger partial charge >= 0.3 is 0 Å². The first kappa shape index (κ1) is 13.2. The lowest BCUT2D eigenvalue weighted by molar-refractivity contribution is 0.327. The smallest absolute Gasteiger partial charge is 0.244 e. The van der Waals surface area contributed by atoms with Crippen molar-refractivity contribution in [2.75, 3.05) is 6.54 Å². The highest BCUT2D eigenvalue weighted by Gasteiger charge is 2.20. The summed E-state index contributed by atoms with van der Waals surface area (Å²) in [5, 5.41) is 7.40. The van der Waals surface area contributed by atoms with E-state index in [9.17, 15) is 4.39 Å². The van der Waals surface area contributed by atoms with E-state index in [1.165, 1.54) is 25.0 Å². The zero-order valence-electron chi connectivity index (χ0n) is 11.5. The van der Waals surface area contributed by atoms with Gasteiger partial charge < -0.3 is 9.84 Å². The molecular weight excluding hydrogens is 257 g/mol. The molecule has 0 radical (unpaired) electrons. The maximum absolute atomic E-state index is 13.4. The Morgan fingerprint density at radius 1 is 1.25 bits per heavy atom. The Hall–Kier alpha value is -1.75. The number of rotatable bonds is 2. The quantitative estimate of drug-likeness (QED) is 0.912. The van der Waals surface area contributed by atoms with Crippen molar-refractivity contribution in [2.24, 2.45) is 0 Å². The van der Waals surface area contributed by atoms with Gasteiger partial charge in [0.2, 0.25) is 11.7 Å². The SMILES string of the molecule is Cc1cc(F)cc(-c2noc(C3CCCCCN3)n2)c1. The first-order chi connectivity index (χ1) is 9.72. The predicted molar refractivity (Wildman–Crippen MR) is 73.6 cm³/mol. The van der Waals surface area contributed by atoms with Crippen molar-refractivity contribution >= 4 is 0 Å². The molecule has 106 valence electrons. The van der Waals surface area contributed by atoms with Gasteiger partial charge in [0.1, 0.15) is 5.82 Å². The largest absolute Gasteiger partial charge is 0.337 e. The summed E-state index contributed by atoms with van der Waals surface area (Å²) >= 11 is 0. The topological polar surface area (TPSA) is 51.0 Å². The third-order valence-corrected chi connectivity index (χ3v) is 3.60. The zero-order valence-corrected chi connectivity index (χ0v) is 11.5. The molecule has 4 nitrogen and oxygen atoms in total. The fourth-order valence-corrected chi connectivity index (χ4v) is 2.60. The molecule has 1 atom stereocenters. The first-order valence-electron chi connectivity index (χ1n) is 7.07. The summed E-state index contributed by atoms with van der Waals surface area (Å²) in [5.41, 5.74) is 1.50. The van der Waals surface area contributed by atoms with E-state index >= 15 is 0 Å². The van der Waals surface area contributed by atoms with Crippen LogP contribution in [0.3, 0.4) is 0 Å². The van der Waals surface area contributed by atoms with Crippen molar-refractivity contribution in [2.45, 2.75) is 38.6 Å². The molecule has 5 heteroatoms. The molecule has 0 bridgehead atoms. The molecule has 1 N–H and O–H groups in total. The number of halogens is 1. The van der Waals surface area contributed by atoms with Gasteiger partial charge in [-0.1, -0.05) is 18.0 Å². The molecule has 3 rings (SSSR count). The minimum Gasteiger partial charge on any atom is -0.337 e. The number of nitrogens with one attached hydrogen (secondary N) is 1. The number of aryl methyl sites for hydroxylation is 1. The fraction of sp³-hybridized carbons (Fsp3) is 0.467. The Kier molecular flexibility index (Phi) is 3.78. The van der Waals surface area contributed by atoms with Crippen LogP contribution in [0.15, 0.2) is 22.7 Å². The van der Waals surface area contributed by atoms with E-state index in [1.807, 2.05) is 13.0 Å². The molecule has 0 amide bonds. The lowest BCUT2D eigenvalue weighted by Crippen LogP contribution is -2.20. The van der Waals surface area contributed by atoms with Gasteiger partial charge in [0.15, 0.2) is 0 Å². The van der Waals surface area contributed by atoms with Crippen LogP contribution in [0.2, 0.25) is 0 Å². The summed E-state index contributed by atoms with van der Waals surface area (Å²) in [6.07, 6.45) is 4.58. The highest BCUT2D eigenvalue weighted by molar-refractivity contribution is 5.55. The molecule has 2 aromatic rings. The van der Waals surface area contributed by atoms with Crippen LogP contribution < -0.4 is 5.32 Å². The Balaban J connectivity index is 1.85. The number of aromatic nitrogens is 2. The normalized spacial score (nSPS) is 19.8. The number of benzene rings is 1. The van der Waals surface area contributed by atoms with Crippen molar-refractivity contribution in [3.05, 3.63) is 35.5 Å². The second-order valence-electron chi connectivity index (χ2n) is 5.33. The summed E-state index contributed by atoms with van der Waals surface area (Å²) in [7, 11) is 0. The third kappa shape index (κ3) is 2.88. The lowest BCUT2D eigenvalue weighted by atomic mass is 10.1. The van der Waals surface area contributed by atoms with Gasteiger partial charge in [0, 0.05) is 5.56 Å². The monoisotopic (exact) mass is 275 g/mol. The summed E-state index contributed by atoms with van der Waals surface area (Å²) < 4.78 is 18.8. The van der Waals surface area contributed by atoms with E-state index < -0.39 is 0 Å². The van der Waals surface area contributed by atoms with E-state index in [2.05, 4.69) is 15.5 Å². The summed E-state index contributed by atoms with van der Waals surface area (Å²) in [6, 6.07) is 4.89. The second kappa shape index (κ2) is 5.71. The Morgan fingerprint density at radius 3 is 3.00 bits per heavy atom. The standard InChI is InChI=1S/C15H18FN3O/c1-10-7-11(9-12(16)8-10)14-18-15(20-19-14)13-5-3-2-4-6-17-13/h7-9,13,17H,2-6H2,1H3. The Labute approximate surface area is 117 Å². The van der Waals surface area contributed by atoms with Crippen LogP contribution in [0.4, 0.5) is 4.39 Å². The maximum Gasteiger partial charge on any atom is 0.244 e. The number of hydrogen-bond acceptors (Lipinski definition) is 4. The fourth-order valence-electron chi connectivity index (χ4n) is 2.60. The summed E-state index contributed by atoms with van der Waals surface area (Å²) in [6.45, 7) is 2.82. The van der Waals surface area contributed by atoms with Crippen molar-refractivity contribution in [3.8, 4) is 11.4 Å². The molecule has 1 aromatic heterocycles. The lowest BCUT2D eigenvalue weighted by Gasteiger charge is -2.09. The summed E-state index contributed by atoms with van der Waals surface area (Å²) in [5.74, 6) is 0.774. The Morgan fingerprint density at radius 2 is 2.15 bits per heavy atom. The van der Waals surface area contributed by atoms with Gasteiger partial charge in [-0.05, 0) is 50.1 Å². The predicted octanol–water partition coefficient (Wildman–Crippen LogP) is 3.39. The molecule has 1 fully saturated rings. The van der Waals surface area contributed by atoms with E-state index in [1.54, 1.807) is 0 Å². The number of nitrogens with zero attached hydrogens (tertiary/aromatic N) is 2. The van der Waals surface area contributed by atoms with Crippen molar-refractivity contribution in [3.63, 3.8) is 0 Å². The molecule has 1 aromatic carbocycles. The maximum atomic E-state index is 13.4. The van der Waals surface area contributed by atoms with Crippen LogP contribution in [-0.2, 0) is 0 Å². The molecule has 0 spiro atoms. The molecule has 1 aliphatic rings. The molecule has 20 heavy (non-hydrogen) atoms. The van der Waals surface area contributed by atoms with E-state index in [0.29, 0.717) is 17.3 Å². The van der Waals surface area contributed by atoms with Crippen molar-refractivity contribution < 1.29 is 8.91 Å². The van der Waals surface area contributed by atoms with Crippen LogP contribution in [0.5, 0.6) is 0 Å². The average Bonchev–Trinajstić information content (AvgIpc) is 2.74. The van der Waals surface area contributed by atoms with Crippen LogP contribution >= 0.6 is 0 Å². The molecule has 2 heterocycles. The minimum atomic E-state index is -0.279. The summed E-state index contributed by atoms with van der Waals surface area (Å²) in [4.78, 5) is 4.42. The van der Waals surface area contributed by atoms with Gasteiger partial charge in [-0.25, -0.2) is 4.39 Å². The molecule has 1 saturated heterocycles. The van der Waals surface area contributed by atoms with E-state index in [0.717, 1.165) is 24.9 Å². The average molecular weight is 275 g/mol. The van der Waals surface area contributed by atoms with Crippen molar-refractivity contribution in [1.82, 2.24) is 15.5 Å².